The van der Waals surface area contributed by atoms with Gasteiger partial charge in [-0.25, -0.2) is 0 Å². The number of carbonyl (C=O) groups excluding carboxylic acids is 2. The van der Waals surface area contributed by atoms with Gasteiger partial charge in [0.2, 0.25) is 0 Å². The second-order valence-corrected chi connectivity index (χ2v) is 4.53. The van der Waals surface area contributed by atoms with Crippen LogP contribution in [0.4, 0.5) is 5.69 Å². The highest BCUT2D eigenvalue weighted by molar-refractivity contribution is 6.02. The molecule has 2 rings (SSSR count). The molecule has 0 saturated heterocycles. The molecule has 1 heterocycles. The third-order valence-corrected chi connectivity index (χ3v) is 3.38. The van der Waals surface area contributed by atoms with Crippen LogP contribution in [0.2, 0.25) is 0 Å². The third-order valence-electron chi connectivity index (χ3n) is 3.38. The summed E-state index contributed by atoms with van der Waals surface area (Å²) in [5.41, 5.74) is 1.51. The number of benzene rings is 1. The average molecular weight is 262 g/mol. The van der Waals surface area contributed by atoms with Crippen molar-refractivity contribution in [1.29, 1.82) is 0 Å². The minimum Gasteiger partial charge on any atom is -0.466 e. The van der Waals surface area contributed by atoms with Crippen LogP contribution in [0, 0.1) is 0 Å². The van der Waals surface area contributed by atoms with Crippen molar-refractivity contribution in [3.8, 4) is 0 Å². The highest BCUT2D eigenvalue weighted by Crippen LogP contribution is 2.29. The van der Waals surface area contributed by atoms with Gasteiger partial charge < -0.3 is 14.5 Å². The molecule has 0 spiro atoms. The molecule has 0 saturated carbocycles. The highest BCUT2D eigenvalue weighted by Gasteiger charge is 2.34. The Balaban J connectivity index is 2.28. The summed E-state index contributed by atoms with van der Waals surface area (Å²) in [4.78, 5) is 27.4. The predicted octanol–water partition coefficient (Wildman–Crippen LogP) is 1.49. The maximum Gasteiger partial charge on any atom is 0.309 e. The van der Waals surface area contributed by atoms with Crippen LogP contribution < -0.4 is 4.90 Å². The van der Waals surface area contributed by atoms with Crippen LogP contribution in [0.15, 0.2) is 24.3 Å². The van der Waals surface area contributed by atoms with Crippen LogP contribution in [0.1, 0.15) is 23.7 Å². The summed E-state index contributed by atoms with van der Waals surface area (Å²) in [7, 11) is 3.59. The number of hydrogen-bond acceptors (Lipinski definition) is 4. The zero-order valence-electron chi connectivity index (χ0n) is 11.4. The minimum atomic E-state index is -0.304. The van der Waals surface area contributed by atoms with Crippen molar-refractivity contribution in [3.63, 3.8) is 0 Å². The molecule has 5 nitrogen and oxygen atoms in total. The van der Waals surface area contributed by atoms with E-state index in [4.69, 9.17) is 4.74 Å². The van der Waals surface area contributed by atoms with E-state index in [1.807, 2.05) is 30.1 Å². The van der Waals surface area contributed by atoms with Gasteiger partial charge in [-0.1, -0.05) is 12.1 Å². The van der Waals surface area contributed by atoms with E-state index < -0.39 is 0 Å². The number of fused-ring (bicyclic) bond motifs is 1. The second kappa shape index (κ2) is 5.30. The molecule has 1 unspecified atom stereocenters. The minimum absolute atomic E-state index is 0.0667. The lowest BCUT2D eigenvalue weighted by atomic mass is 10.1. The topological polar surface area (TPSA) is 49.9 Å². The van der Waals surface area contributed by atoms with Crippen LogP contribution in [0.3, 0.4) is 0 Å². The third kappa shape index (κ3) is 2.41. The number of rotatable bonds is 3. The number of hydrogen-bond donors (Lipinski definition) is 0. The Bertz CT molecular complexity index is 501. The van der Waals surface area contributed by atoms with Crippen molar-refractivity contribution >= 4 is 17.6 Å². The van der Waals surface area contributed by atoms with Gasteiger partial charge >= 0.3 is 5.97 Å². The molecule has 0 aromatic heterocycles. The van der Waals surface area contributed by atoms with Gasteiger partial charge in [-0.3, -0.25) is 9.59 Å². The maximum atomic E-state index is 12.3. The first-order valence-corrected chi connectivity index (χ1v) is 6.31. The maximum absolute atomic E-state index is 12.3. The first-order valence-electron chi connectivity index (χ1n) is 6.31. The van der Waals surface area contributed by atoms with Crippen molar-refractivity contribution in [3.05, 3.63) is 29.8 Å². The van der Waals surface area contributed by atoms with E-state index in [0.29, 0.717) is 12.2 Å². The molecule has 0 bridgehead atoms. The standard InChI is InChI=1S/C14H18N2O3/c1-4-19-13(17)9-12-15(2)11-8-6-5-7-10(11)14(18)16(12)3/h5-8,12H,4,9H2,1-3H3. The second-order valence-electron chi connectivity index (χ2n) is 4.53. The van der Waals surface area contributed by atoms with E-state index in [2.05, 4.69) is 0 Å². The molecular formula is C14H18N2O3. The Morgan fingerprint density at radius 2 is 1.95 bits per heavy atom. The first kappa shape index (κ1) is 13.4. The van der Waals surface area contributed by atoms with Gasteiger partial charge in [-0.15, -0.1) is 0 Å². The smallest absolute Gasteiger partial charge is 0.309 e. The van der Waals surface area contributed by atoms with Crippen LogP contribution in [0.5, 0.6) is 0 Å². The highest BCUT2D eigenvalue weighted by atomic mass is 16.5. The summed E-state index contributed by atoms with van der Waals surface area (Å²) >= 11 is 0. The van der Waals surface area contributed by atoms with Gasteiger partial charge in [0.15, 0.2) is 0 Å². The lowest BCUT2D eigenvalue weighted by molar-refractivity contribution is -0.144. The summed E-state index contributed by atoms with van der Waals surface area (Å²) in [6.45, 7) is 2.12. The zero-order valence-corrected chi connectivity index (χ0v) is 11.4. The molecule has 1 aliphatic heterocycles. The van der Waals surface area contributed by atoms with Gasteiger partial charge in [-0.05, 0) is 19.1 Å². The number of nitrogens with zero attached hydrogens (tertiary/aromatic N) is 2. The van der Waals surface area contributed by atoms with Crippen molar-refractivity contribution in [2.24, 2.45) is 0 Å². The zero-order chi connectivity index (χ0) is 14.0. The Morgan fingerprint density at radius 1 is 1.26 bits per heavy atom. The molecule has 5 heteroatoms. The van der Waals surface area contributed by atoms with Crippen LogP contribution >= 0.6 is 0 Å². The molecule has 0 aliphatic carbocycles. The Labute approximate surface area is 112 Å². The molecule has 19 heavy (non-hydrogen) atoms. The molecule has 0 radical (unpaired) electrons. The van der Waals surface area contributed by atoms with Crippen molar-refractivity contribution in [2.75, 3.05) is 25.6 Å². The lowest BCUT2D eigenvalue weighted by Crippen LogP contribution is -2.53. The van der Waals surface area contributed by atoms with E-state index in [1.54, 1.807) is 24.9 Å². The normalized spacial score (nSPS) is 18.3. The van der Waals surface area contributed by atoms with Gasteiger partial charge in [0.25, 0.3) is 5.91 Å². The molecule has 1 amide bonds. The van der Waals surface area contributed by atoms with E-state index in [9.17, 15) is 9.59 Å². The van der Waals surface area contributed by atoms with Crippen LogP contribution in [0.25, 0.3) is 0 Å². The Morgan fingerprint density at radius 3 is 2.63 bits per heavy atom. The first-order chi connectivity index (χ1) is 9.06. The Kier molecular flexibility index (Phi) is 3.74. The van der Waals surface area contributed by atoms with Crippen LogP contribution in [-0.2, 0) is 9.53 Å². The summed E-state index contributed by atoms with van der Waals surface area (Å²) < 4.78 is 4.96. The monoisotopic (exact) mass is 262 g/mol. The molecular weight excluding hydrogens is 244 g/mol. The number of anilines is 1. The van der Waals surface area contributed by atoms with Crippen molar-refractivity contribution < 1.29 is 14.3 Å². The van der Waals surface area contributed by atoms with Gasteiger partial charge in [-0.2, -0.15) is 0 Å². The predicted molar refractivity (Wildman–Crippen MR) is 72.0 cm³/mol. The van der Waals surface area contributed by atoms with Gasteiger partial charge in [0, 0.05) is 14.1 Å². The van der Waals surface area contributed by atoms with Crippen molar-refractivity contribution in [1.82, 2.24) is 4.90 Å². The number of carbonyl (C=O) groups is 2. The molecule has 1 atom stereocenters. The van der Waals surface area contributed by atoms with E-state index in [1.165, 1.54) is 0 Å². The fourth-order valence-electron chi connectivity index (χ4n) is 2.35. The summed E-state index contributed by atoms with van der Waals surface area (Å²) in [6.07, 6.45) is -0.137. The summed E-state index contributed by atoms with van der Waals surface area (Å²) in [6, 6.07) is 7.41. The molecule has 1 aliphatic rings. The average Bonchev–Trinajstić information content (AvgIpc) is 2.41. The summed E-state index contributed by atoms with van der Waals surface area (Å²) in [5, 5.41) is 0. The molecule has 0 fully saturated rings. The van der Waals surface area contributed by atoms with E-state index in [0.717, 1.165) is 5.69 Å². The fourth-order valence-corrected chi connectivity index (χ4v) is 2.35. The number of esters is 1. The SMILES string of the molecule is CCOC(=O)CC1N(C)C(=O)c2ccccc2N1C. The molecule has 1 aromatic rings. The number of ether oxygens (including phenoxy) is 1. The molecule has 102 valence electrons. The van der Waals surface area contributed by atoms with Gasteiger partial charge in [0.05, 0.1) is 24.3 Å². The Hall–Kier alpha value is -2.04. The molecule has 0 N–H and O–H groups in total. The number of para-hydroxylation sites is 1. The fraction of sp³-hybridized carbons (Fsp3) is 0.429. The molecule has 1 aromatic carbocycles. The number of amides is 1. The lowest BCUT2D eigenvalue weighted by Gasteiger charge is -2.41. The summed E-state index contributed by atoms with van der Waals surface area (Å²) in [5.74, 6) is -0.360. The largest absolute Gasteiger partial charge is 0.466 e. The van der Waals surface area contributed by atoms with E-state index >= 15 is 0 Å². The van der Waals surface area contributed by atoms with Crippen LogP contribution in [-0.4, -0.2) is 43.6 Å². The quantitative estimate of drug-likeness (QED) is 0.774. The van der Waals surface area contributed by atoms with E-state index in [-0.39, 0.29) is 24.5 Å². The van der Waals surface area contributed by atoms with Crippen molar-refractivity contribution in [2.45, 2.75) is 19.5 Å². The van der Waals surface area contributed by atoms with Gasteiger partial charge in [0.1, 0.15) is 6.17 Å².